The molecular weight excluding hydrogens is 468 g/mol. The van der Waals surface area contributed by atoms with E-state index in [0.717, 1.165) is 45.5 Å². The SMILES string of the molecule is O=C(NCCN1CCNC1=O)OC1CCc2c(sc3ncnc(Nc4ccc5[nH]ncc5c4)c23)C1. The Morgan fingerprint density at radius 1 is 1.31 bits per heavy atom. The molecule has 6 rings (SSSR count). The van der Waals surface area contributed by atoms with Crippen LogP contribution in [0.4, 0.5) is 21.1 Å². The van der Waals surface area contributed by atoms with E-state index in [-0.39, 0.29) is 12.1 Å². The van der Waals surface area contributed by atoms with Crippen molar-refractivity contribution in [3.63, 3.8) is 0 Å². The predicted molar refractivity (Wildman–Crippen MR) is 132 cm³/mol. The minimum absolute atomic E-state index is 0.0938. The van der Waals surface area contributed by atoms with Crippen LogP contribution >= 0.6 is 11.3 Å². The van der Waals surface area contributed by atoms with Crippen molar-refractivity contribution in [3.05, 3.63) is 41.2 Å². The Hall–Kier alpha value is -3.93. The second kappa shape index (κ2) is 9.02. The highest BCUT2D eigenvalue weighted by atomic mass is 32.1. The van der Waals surface area contributed by atoms with Gasteiger partial charge in [0.25, 0.3) is 0 Å². The first kappa shape index (κ1) is 21.6. The lowest BCUT2D eigenvalue weighted by Gasteiger charge is -2.23. The van der Waals surface area contributed by atoms with Crippen LogP contribution in [0.5, 0.6) is 0 Å². The molecule has 1 saturated heterocycles. The van der Waals surface area contributed by atoms with Crippen molar-refractivity contribution in [3.8, 4) is 0 Å². The number of aryl methyl sites for hydroxylation is 1. The molecule has 11 nitrogen and oxygen atoms in total. The molecule has 3 amide bonds. The Balaban J connectivity index is 1.12. The first-order chi connectivity index (χ1) is 17.1. The molecule has 0 saturated carbocycles. The van der Waals surface area contributed by atoms with Crippen LogP contribution in [0.2, 0.25) is 0 Å². The fourth-order valence-electron chi connectivity index (χ4n) is 4.64. The van der Waals surface area contributed by atoms with Gasteiger partial charge >= 0.3 is 12.1 Å². The largest absolute Gasteiger partial charge is 0.446 e. The number of hydrogen-bond acceptors (Lipinski definition) is 8. The Morgan fingerprint density at radius 2 is 2.26 bits per heavy atom. The van der Waals surface area contributed by atoms with Gasteiger partial charge in [-0.15, -0.1) is 11.3 Å². The molecule has 3 aromatic heterocycles. The number of amides is 3. The van der Waals surface area contributed by atoms with Gasteiger partial charge in [-0.05, 0) is 36.6 Å². The van der Waals surface area contributed by atoms with Crippen molar-refractivity contribution < 1.29 is 14.3 Å². The van der Waals surface area contributed by atoms with Crippen LogP contribution in [0, 0.1) is 0 Å². The third kappa shape index (κ3) is 4.32. The molecule has 2 aliphatic rings. The van der Waals surface area contributed by atoms with Crippen molar-refractivity contribution in [1.82, 2.24) is 35.7 Å². The number of carbonyl (C=O) groups excluding carboxylic acids is 2. The Kier molecular flexibility index (Phi) is 5.57. The number of H-pyrrole nitrogens is 1. The van der Waals surface area contributed by atoms with Crippen molar-refractivity contribution in [2.24, 2.45) is 0 Å². The number of aromatic amines is 1. The lowest BCUT2D eigenvalue weighted by atomic mass is 9.94. The molecular formula is C23H24N8O3S. The molecule has 180 valence electrons. The van der Waals surface area contributed by atoms with Crippen molar-refractivity contribution in [2.75, 3.05) is 31.5 Å². The molecule has 4 heterocycles. The number of alkyl carbamates (subject to hydrolysis) is 1. The van der Waals surface area contributed by atoms with E-state index in [1.165, 1.54) is 10.4 Å². The van der Waals surface area contributed by atoms with Crippen LogP contribution in [0.15, 0.2) is 30.7 Å². The minimum Gasteiger partial charge on any atom is -0.446 e. The summed E-state index contributed by atoms with van der Waals surface area (Å²) >= 11 is 1.63. The molecule has 4 aromatic rings. The number of fused-ring (bicyclic) bond motifs is 4. The summed E-state index contributed by atoms with van der Waals surface area (Å²) in [5.41, 5.74) is 3.13. The standard InChI is InChI=1S/C23H24N8O3S/c32-22-24-5-7-31(22)8-6-25-23(33)34-15-2-3-16-18(10-15)35-21-19(16)20(26-12-27-21)29-14-1-4-17-13(9-14)11-28-30-17/h1,4,9,11-12,15H,2-3,5-8,10H2,(H,24,32)(H,25,33)(H,28,30)(H,26,27,29). The molecule has 1 aliphatic carbocycles. The first-order valence-electron chi connectivity index (χ1n) is 11.6. The van der Waals surface area contributed by atoms with E-state index in [9.17, 15) is 9.59 Å². The number of aromatic nitrogens is 4. The summed E-state index contributed by atoms with van der Waals surface area (Å²) < 4.78 is 5.67. The molecule has 1 aromatic carbocycles. The lowest BCUT2D eigenvalue weighted by molar-refractivity contribution is 0.0898. The zero-order valence-corrected chi connectivity index (χ0v) is 19.7. The number of thiophene rings is 1. The molecule has 1 aliphatic heterocycles. The van der Waals surface area contributed by atoms with E-state index in [4.69, 9.17) is 4.74 Å². The normalized spacial score (nSPS) is 17.4. The molecule has 1 unspecified atom stereocenters. The summed E-state index contributed by atoms with van der Waals surface area (Å²) in [5.74, 6) is 0.776. The average molecular weight is 493 g/mol. The molecule has 0 bridgehead atoms. The van der Waals surface area contributed by atoms with Gasteiger partial charge in [0.1, 0.15) is 23.1 Å². The highest BCUT2D eigenvalue weighted by molar-refractivity contribution is 7.19. The Bertz CT molecular complexity index is 1420. The van der Waals surface area contributed by atoms with Crippen molar-refractivity contribution >= 4 is 56.1 Å². The summed E-state index contributed by atoms with van der Waals surface area (Å²) in [7, 11) is 0. The maximum absolute atomic E-state index is 12.3. The van der Waals surface area contributed by atoms with Crippen LogP contribution < -0.4 is 16.0 Å². The van der Waals surface area contributed by atoms with Crippen LogP contribution in [0.25, 0.3) is 21.1 Å². The molecule has 0 spiro atoms. The van der Waals surface area contributed by atoms with Crippen LogP contribution in [0.3, 0.4) is 0 Å². The number of nitrogens with one attached hydrogen (secondary N) is 4. The van der Waals surface area contributed by atoms with Gasteiger partial charge < -0.3 is 25.6 Å². The van der Waals surface area contributed by atoms with E-state index in [2.05, 4.69) is 36.1 Å². The lowest BCUT2D eigenvalue weighted by Crippen LogP contribution is -2.38. The highest BCUT2D eigenvalue weighted by Gasteiger charge is 2.27. The maximum atomic E-state index is 12.3. The van der Waals surface area contributed by atoms with E-state index < -0.39 is 6.09 Å². The Labute approximate surface area is 204 Å². The summed E-state index contributed by atoms with van der Waals surface area (Å²) in [4.78, 5) is 36.7. The second-order valence-electron chi connectivity index (χ2n) is 8.62. The summed E-state index contributed by atoms with van der Waals surface area (Å²) in [6, 6.07) is 5.92. The van der Waals surface area contributed by atoms with E-state index in [1.54, 1.807) is 28.8 Å². The van der Waals surface area contributed by atoms with Crippen LogP contribution in [0.1, 0.15) is 16.9 Å². The fraction of sp³-hybridized carbons (Fsp3) is 0.348. The number of benzene rings is 1. The maximum Gasteiger partial charge on any atom is 0.407 e. The minimum atomic E-state index is -0.448. The summed E-state index contributed by atoms with van der Waals surface area (Å²) in [6.45, 7) is 2.13. The Morgan fingerprint density at radius 3 is 3.14 bits per heavy atom. The molecule has 12 heteroatoms. The predicted octanol–water partition coefficient (Wildman–Crippen LogP) is 2.92. The summed E-state index contributed by atoms with van der Waals surface area (Å²) in [5, 5.41) is 18.0. The van der Waals surface area contributed by atoms with Gasteiger partial charge in [-0.25, -0.2) is 19.6 Å². The fourth-order valence-corrected chi connectivity index (χ4v) is 5.89. The number of carbonyl (C=O) groups is 2. The van der Waals surface area contributed by atoms with Gasteiger partial charge in [0.05, 0.1) is 17.1 Å². The number of ether oxygens (including phenoxy) is 1. The van der Waals surface area contributed by atoms with Gasteiger partial charge in [-0.2, -0.15) is 5.10 Å². The number of nitrogens with zero attached hydrogens (tertiary/aromatic N) is 4. The van der Waals surface area contributed by atoms with Crippen LogP contribution in [-0.2, 0) is 17.6 Å². The highest BCUT2D eigenvalue weighted by Crippen LogP contribution is 2.39. The topological polar surface area (TPSA) is 137 Å². The second-order valence-corrected chi connectivity index (χ2v) is 9.70. The molecule has 1 atom stereocenters. The van der Waals surface area contributed by atoms with Crippen molar-refractivity contribution in [1.29, 1.82) is 0 Å². The first-order valence-corrected chi connectivity index (χ1v) is 12.4. The smallest absolute Gasteiger partial charge is 0.407 e. The van der Waals surface area contributed by atoms with Crippen LogP contribution in [-0.4, -0.2) is 69.5 Å². The molecule has 4 N–H and O–H groups in total. The molecule has 1 fully saturated rings. The number of anilines is 2. The number of hydrogen-bond donors (Lipinski definition) is 4. The number of rotatable bonds is 6. The van der Waals surface area contributed by atoms with Gasteiger partial charge in [0, 0.05) is 48.6 Å². The van der Waals surface area contributed by atoms with Gasteiger partial charge in [-0.3, -0.25) is 5.10 Å². The van der Waals surface area contributed by atoms with E-state index >= 15 is 0 Å². The van der Waals surface area contributed by atoms with Crippen molar-refractivity contribution in [2.45, 2.75) is 25.4 Å². The third-order valence-electron chi connectivity index (χ3n) is 6.37. The molecule has 35 heavy (non-hydrogen) atoms. The monoisotopic (exact) mass is 492 g/mol. The zero-order valence-electron chi connectivity index (χ0n) is 18.8. The molecule has 0 radical (unpaired) electrons. The van der Waals surface area contributed by atoms with E-state index in [0.29, 0.717) is 32.6 Å². The zero-order chi connectivity index (χ0) is 23.8. The quantitative estimate of drug-likeness (QED) is 0.325. The van der Waals surface area contributed by atoms with Gasteiger partial charge in [0.15, 0.2) is 0 Å². The third-order valence-corrected chi connectivity index (χ3v) is 7.54. The van der Waals surface area contributed by atoms with E-state index in [1.807, 2.05) is 18.2 Å². The number of urea groups is 1. The summed E-state index contributed by atoms with van der Waals surface area (Å²) in [6.07, 6.45) is 4.89. The van der Waals surface area contributed by atoms with Gasteiger partial charge in [0.2, 0.25) is 0 Å². The average Bonchev–Trinajstić information content (AvgIpc) is 3.57. The van der Waals surface area contributed by atoms with Gasteiger partial charge in [-0.1, -0.05) is 0 Å².